The monoisotopic (exact) mass is 336 g/mol. The molecule has 0 atom stereocenters. The van der Waals surface area contributed by atoms with Crippen molar-refractivity contribution in [1.82, 2.24) is 9.55 Å². The summed E-state index contributed by atoms with van der Waals surface area (Å²) in [6.45, 7) is 2.86. The summed E-state index contributed by atoms with van der Waals surface area (Å²) in [6.07, 6.45) is 1.04. The van der Waals surface area contributed by atoms with Gasteiger partial charge in [-0.15, -0.1) is 0 Å². The van der Waals surface area contributed by atoms with Crippen molar-refractivity contribution < 1.29 is 0 Å². The minimum atomic E-state index is 0.528. The number of imidazole rings is 1. The van der Waals surface area contributed by atoms with Crippen LogP contribution in [0.1, 0.15) is 18.1 Å². The molecule has 0 amide bonds. The molecular formula is C16H14Cl2N2S. The van der Waals surface area contributed by atoms with Crippen molar-refractivity contribution in [1.29, 1.82) is 0 Å². The van der Waals surface area contributed by atoms with Crippen molar-refractivity contribution in [3.63, 3.8) is 0 Å². The van der Waals surface area contributed by atoms with E-state index >= 15 is 0 Å². The Kier molecular flexibility index (Phi) is 4.07. The van der Waals surface area contributed by atoms with E-state index in [2.05, 4.69) is 36.2 Å². The summed E-state index contributed by atoms with van der Waals surface area (Å²) in [4.78, 5) is 3.17. The van der Waals surface area contributed by atoms with E-state index < -0.39 is 0 Å². The highest BCUT2D eigenvalue weighted by molar-refractivity contribution is 7.71. The molecule has 108 valence electrons. The molecule has 1 heterocycles. The standard InChI is InChI=1S/C16H14Cl2N2S/c1-2-10-3-5-11(6-4-10)9-20-15-8-13(18)12(17)7-14(15)19-16(20)21/h3-8H,2,9H2,1H3,(H,19,21). The van der Waals surface area contributed by atoms with Crippen LogP contribution in [0.4, 0.5) is 0 Å². The van der Waals surface area contributed by atoms with Gasteiger partial charge in [-0.2, -0.15) is 0 Å². The van der Waals surface area contributed by atoms with Gasteiger partial charge in [0.1, 0.15) is 0 Å². The van der Waals surface area contributed by atoms with E-state index in [0.29, 0.717) is 21.4 Å². The predicted octanol–water partition coefficient (Wildman–Crippen LogP) is 5.62. The van der Waals surface area contributed by atoms with Gasteiger partial charge in [-0.05, 0) is 41.9 Å². The Labute approximate surface area is 138 Å². The van der Waals surface area contributed by atoms with Crippen molar-refractivity contribution in [3.05, 3.63) is 62.3 Å². The number of aromatic amines is 1. The molecule has 2 aromatic carbocycles. The Morgan fingerprint density at radius 1 is 1.05 bits per heavy atom. The first-order chi connectivity index (χ1) is 10.1. The Morgan fingerprint density at radius 3 is 2.33 bits per heavy atom. The summed E-state index contributed by atoms with van der Waals surface area (Å²) in [5, 5.41) is 1.06. The van der Waals surface area contributed by atoms with Crippen LogP contribution in [0.3, 0.4) is 0 Å². The van der Waals surface area contributed by atoms with Crippen molar-refractivity contribution in [3.8, 4) is 0 Å². The van der Waals surface area contributed by atoms with Crippen LogP contribution in [0.25, 0.3) is 11.0 Å². The molecule has 0 fully saturated rings. The third kappa shape index (κ3) is 2.86. The maximum absolute atomic E-state index is 6.12. The number of hydrogen-bond acceptors (Lipinski definition) is 1. The SMILES string of the molecule is CCc1ccc(Cn2c(=S)[nH]c3cc(Cl)c(Cl)cc32)cc1. The average molecular weight is 337 g/mol. The highest BCUT2D eigenvalue weighted by atomic mass is 35.5. The smallest absolute Gasteiger partial charge is 0.178 e. The van der Waals surface area contributed by atoms with E-state index in [9.17, 15) is 0 Å². The summed E-state index contributed by atoms with van der Waals surface area (Å²) in [6, 6.07) is 12.2. The summed E-state index contributed by atoms with van der Waals surface area (Å²) in [5.74, 6) is 0. The van der Waals surface area contributed by atoms with Crippen molar-refractivity contribution >= 4 is 46.5 Å². The first kappa shape index (κ1) is 14.6. The second kappa shape index (κ2) is 5.84. The Bertz CT molecular complexity index is 847. The highest BCUT2D eigenvalue weighted by Crippen LogP contribution is 2.28. The molecule has 0 saturated heterocycles. The molecule has 0 bridgehead atoms. The molecule has 5 heteroatoms. The number of benzene rings is 2. The van der Waals surface area contributed by atoms with E-state index in [1.807, 2.05) is 16.7 Å². The maximum Gasteiger partial charge on any atom is 0.178 e. The summed E-state index contributed by atoms with van der Waals surface area (Å²) < 4.78 is 2.70. The number of nitrogens with one attached hydrogen (secondary N) is 1. The lowest BCUT2D eigenvalue weighted by molar-refractivity contribution is 0.810. The number of halogens is 2. The molecule has 3 aromatic rings. The van der Waals surface area contributed by atoms with Crippen LogP contribution >= 0.6 is 35.4 Å². The predicted molar refractivity (Wildman–Crippen MR) is 92.1 cm³/mol. The van der Waals surface area contributed by atoms with Gasteiger partial charge in [-0.3, -0.25) is 0 Å². The molecule has 0 radical (unpaired) electrons. The Balaban J connectivity index is 2.05. The molecule has 1 N–H and O–H groups in total. The lowest BCUT2D eigenvalue weighted by Gasteiger charge is -2.06. The number of hydrogen-bond donors (Lipinski definition) is 1. The second-order valence-corrected chi connectivity index (χ2v) is 6.17. The maximum atomic E-state index is 6.12. The summed E-state index contributed by atoms with van der Waals surface area (Å²) in [7, 11) is 0. The third-order valence-corrected chi connectivity index (χ3v) is 4.63. The van der Waals surface area contributed by atoms with Crippen LogP contribution in [-0.4, -0.2) is 9.55 Å². The first-order valence-electron chi connectivity index (χ1n) is 6.74. The van der Waals surface area contributed by atoms with Crippen LogP contribution < -0.4 is 0 Å². The lowest BCUT2D eigenvalue weighted by atomic mass is 10.1. The average Bonchev–Trinajstić information content (AvgIpc) is 2.76. The van der Waals surface area contributed by atoms with Crippen LogP contribution in [0, 0.1) is 4.77 Å². The molecule has 3 rings (SSSR count). The van der Waals surface area contributed by atoms with E-state index in [-0.39, 0.29) is 0 Å². The van der Waals surface area contributed by atoms with E-state index in [1.54, 1.807) is 0 Å². The number of H-pyrrole nitrogens is 1. The number of aromatic nitrogens is 2. The first-order valence-corrected chi connectivity index (χ1v) is 7.90. The quantitative estimate of drug-likeness (QED) is 0.616. The summed E-state index contributed by atoms with van der Waals surface area (Å²) >= 11 is 17.6. The molecule has 0 aliphatic heterocycles. The Hall–Kier alpha value is -1.29. The van der Waals surface area contributed by atoms with Crippen LogP contribution in [0.2, 0.25) is 10.0 Å². The zero-order chi connectivity index (χ0) is 15.0. The van der Waals surface area contributed by atoms with Gasteiger partial charge >= 0.3 is 0 Å². The van der Waals surface area contributed by atoms with Gasteiger partial charge in [0.05, 0.1) is 27.6 Å². The number of rotatable bonds is 3. The third-order valence-electron chi connectivity index (χ3n) is 3.59. The fraction of sp³-hybridized carbons (Fsp3) is 0.188. The van der Waals surface area contributed by atoms with Crippen LogP contribution in [0.5, 0.6) is 0 Å². The fourth-order valence-corrected chi connectivity index (χ4v) is 2.97. The zero-order valence-corrected chi connectivity index (χ0v) is 13.8. The number of fused-ring (bicyclic) bond motifs is 1. The van der Waals surface area contributed by atoms with E-state index in [1.165, 1.54) is 11.1 Å². The van der Waals surface area contributed by atoms with Gasteiger partial charge in [0.2, 0.25) is 0 Å². The van der Waals surface area contributed by atoms with Crippen molar-refractivity contribution in [2.24, 2.45) is 0 Å². The molecule has 21 heavy (non-hydrogen) atoms. The lowest BCUT2D eigenvalue weighted by Crippen LogP contribution is -1.99. The van der Waals surface area contributed by atoms with Gasteiger partial charge in [0.15, 0.2) is 4.77 Å². The molecule has 2 nitrogen and oxygen atoms in total. The summed E-state index contributed by atoms with van der Waals surface area (Å²) in [5.41, 5.74) is 4.40. The molecule has 0 unspecified atom stereocenters. The van der Waals surface area contributed by atoms with Gasteiger partial charge in [-0.25, -0.2) is 0 Å². The van der Waals surface area contributed by atoms with E-state index in [4.69, 9.17) is 35.4 Å². The van der Waals surface area contributed by atoms with Crippen molar-refractivity contribution in [2.45, 2.75) is 19.9 Å². The molecular weight excluding hydrogens is 323 g/mol. The molecule has 0 aliphatic rings. The molecule has 1 aromatic heterocycles. The fourth-order valence-electron chi connectivity index (χ4n) is 2.37. The second-order valence-electron chi connectivity index (χ2n) is 4.97. The van der Waals surface area contributed by atoms with Gasteiger partial charge in [0.25, 0.3) is 0 Å². The van der Waals surface area contributed by atoms with Crippen LogP contribution in [-0.2, 0) is 13.0 Å². The van der Waals surface area contributed by atoms with Gasteiger partial charge < -0.3 is 9.55 Å². The molecule has 0 spiro atoms. The number of aryl methyl sites for hydroxylation is 1. The van der Waals surface area contributed by atoms with Gasteiger partial charge in [-0.1, -0.05) is 54.4 Å². The zero-order valence-electron chi connectivity index (χ0n) is 11.5. The van der Waals surface area contributed by atoms with Gasteiger partial charge in [0, 0.05) is 0 Å². The Morgan fingerprint density at radius 2 is 1.67 bits per heavy atom. The molecule has 0 saturated carbocycles. The topological polar surface area (TPSA) is 20.7 Å². The largest absolute Gasteiger partial charge is 0.331 e. The van der Waals surface area contributed by atoms with Crippen LogP contribution in [0.15, 0.2) is 36.4 Å². The highest BCUT2D eigenvalue weighted by Gasteiger charge is 2.08. The normalized spacial score (nSPS) is 11.2. The minimum absolute atomic E-state index is 0.528. The number of nitrogens with zero attached hydrogens (tertiary/aromatic N) is 1. The van der Waals surface area contributed by atoms with Crippen molar-refractivity contribution in [2.75, 3.05) is 0 Å². The minimum Gasteiger partial charge on any atom is -0.331 e. The molecule has 0 aliphatic carbocycles. The van der Waals surface area contributed by atoms with E-state index in [0.717, 1.165) is 17.5 Å².